The molecule has 5 N–H and O–H groups in total. The van der Waals surface area contributed by atoms with Crippen LogP contribution < -0.4 is 16.8 Å². The molecule has 6 heteroatoms. The molecule has 0 radical (unpaired) electrons. The Kier molecular flexibility index (Phi) is 3.33. The molecule has 1 aromatic carbocycles. The Morgan fingerprint density at radius 1 is 1.21 bits per heavy atom. The molecule has 1 heterocycles. The molecule has 0 atom stereocenters. The molecule has 0 unspecified atom stereocenters. The van der Waals surface area contributed by atoms with Crippen LogP contribution in [0.2, 0.25) is 0 Å². The molecule has 0 aliphatic carbocycles. The number of nitrogens with two attached hydrogens (primary N) is 2. The number of hydrogen-bond acceptors (Lipinski definition) is 4. The molecule has 2 aromatic rings. The zero-order chi connectivity index (χ0) is 14.0. The van der Waals surface area contributed by atoms with E-state index in [9.17, 15) is 8.78 Å². The van der Waals surface area contributed by atoms with Gasteiger partial charge in [0, 0.05) is 11.9 Å². The molecule has 0 spiro atoms. The fraction of sp³-hybridized carbons (Fsp3) is 0. The van der Waals surface area contributed by atoms with Crippen molar-refractivity contribution in [3.63, 3.8) is 0 Å². The number of pyridine rings is 1. The van der Waals surface area contributed by atoms with Crippen LogP contribution in [0.25, 0.3) is 5.83 Å². The number of rotatable bonds is 3. The summed E-state index contributed by atoms with van der Waals surface area (Å²) < 4.78 is 27.0. The molecule has 0 aliphatic heterocycles. The van der Waals surface area contributed by atoms with Gasteiger partial charge in [-0.1, -0.05) is 6.58 Å². The predicted octanol–water partition coefficient (Wildman–Crippen LogP) is 3.07. The lowest BCUT2D eigenvalue weighted by Gasteiger charge is -2.12. The minimum Gasteiger partial charge on any atom is -0.399 e. The van der Waals surface area contributed by atoms with Gasteiger partial charge in [0.05, 0.1) is 16.9 Å². The number of aromatic nitrogens is 1. The quantitative estimate of drug-likeness (QED) is 0.743. The minimum atomic E-state index is -0.746. The highest BCUT2D eigenvalue weighted by atomic mass is 19.1. The smallest absolute Gasteiger partial charge is 0.148 e. The SMILES string of the molecule is C=C(F)c1c(Nc2ccc(N)cc2F)ccnc1N. The molecule has 98 valence electrons. The van der Waals surface area contributed by atoms with Gasteiger partial charge in [0.15, 0.2) is 0 Å². The summed E-state index contributed by atoms with van der Waals surface area (Å²) in [5.74, 6) is -1.32. The summed E-state index contributed by atoms with van der Waals surface area (Å²) in [6.45, 7) is 3.18. The van der Waals surface area contributed by atoms with Gasteiger partial charge in [0.25, 0.3) is 0 Å². The highest BCUT2D eigenvalue weighted by Gasteiger charge is 2.12. The van der Waals surface area contributed by atoms with Crippen LogP contribution >= 0.6 is 0 Å². The lowest BCUT2D eigenvalue weighted by atomic mass is 10.2. The Morgan fingerprint density at radius 3 is 2.58 bits per heavy atom. The Hall–Kier alpha value is -2.63. The van der Waals surface area contributed by atoms with Gasteiger partial charge in [-0.3, -0.25) is 0 Å². The van der Waals surface area contributed by atoms with Crippen molar-refractivity contribution in [3.8, 4) is 0 Å². The van der Waals surface area contributed by atoms with Crippen LogP contribution in [-0.4, -0.2) is 4.98 Å². The van der Waals surface area contributed by atoms with Crippen LogP contribution in [0.3, 0.4) is 0 Å². The zero-order valence-electron chi connectivity index (χ0n) is 9.95. The van der Waals surface area contributed by atoms with Crippen LogP contribution in [0.5, 0.6) is 0 Å². The maximum absolute atomic E-state index is 13.7. The molecule has 0 bridgehead atoms. The number of anilines is 4. The average molecular weight is 262 g/mol. The van der Waals surface area contributed by atoms with Crippen molar-refractivity contribution in [1.82, 2.24) is 4.98 Å². The van der Waals surface area contributed by atoms with Crippen LogP contribution in [-0.2, 0) is 0 Å². The highest BCUT2D eigenvalue weighted by Crippen LogP contribution is 2.31. The number of hydrogen-bond donors (Lipinski definition) is 3. The normalized spacial score (nSPS) is 10.2. The Bertz CT molecular complexity index is 641. The van der Waals surface area contributed by atoms with Gasteiger partial charge in [0.2, 0.25) is 0 Å². The van der Waals surface area contributed by atoms with Crippen LogP contribution in [0.4, 0.5) is 31.7 Å². The van der Waals surface area contributed by atoms with Gasteiger partial charge in [-0.25, -0.2) is 13.8 Å². The summed E-state index contributed by atoms with van der Waals surface area (Å²) in [6.07, 6.45) is 1.39. The van der Waals surface area contributed by atoms with Crippen molar-refractivity contribution >= 4 is 28.7 Å². The summed E-state index contributed by atoms with van der Waals surface area (Å²) in [6, 6.07) is 5.62. The second-order valence-corrected chi connectivity index (χ2v) is 3.89. The fourth-order valence-electron chi connectivity index (χ4n) is 1.65. The summed E-state index contributed by atoms with van der Waals surface area (Å²) in [4.78, 5) is 3.76. The van der Waals surface area contributed by atoms with Gasteiger partial charge in [-0.2, -0.15) is 0 Å². The van der Waals surface area contributed by atoms with Gasteiger partial charge in [0.1, 0.15) is 17.5 Å². The second kappa shape index (κ2) is 4.93. The van der Waals surface area contributed by atoms with Gasteiger partial charge < -0.3 is 16.8 Å². The van der Waals surface area contributed by atoms with E-state index in [0.29, 0.717) is 5.69 Å². The number of nitrogen functional groups attached to an aromatic ring is 2. The summed E-state index contributed by atoms with van der Waals surface area (Å²) in [5, 5.41) is 2.74. The molecule has 0 saturated carbocycles. The van der Waals surface area contributed by atoms with E-state index < -0.39 is 11.6 Å². The number of benzene rings is 1. The highest BCUT2D eigenvalue weighted by molar-refractivity contribution is 5.81. The summed E-state index contributed by atoms with van der Waals surface area (Å²) >= 11 is 0. The molecule has 2 rings (SSSR count). The molecule has 19 heavy (non-hydrogen) atoms. The van der Waals surface area contributed by atoms with E-state index in [1.807, 2.05) is 0 Å². The Labute approximate surface area is 108 Å². The van der Waals surface area contributed by atoms with Gasteiger partial charge in [-0.05, 0) is 24.3 Å². The first-order valence-electron chi connectivity index (χ1n) is 5.40. The van der Waals surface area contributed by atoms with Crippen molar-refractivity contribution in [2.45, 2.75) is 0 Å². The number of nitrogens with one attached hydrogen (secondary N) is 1. The molecule has 1 aromatic heterocycles. The lowest BCUT2D eigenvalue weighted by molar-refractivity contribution is 0.632. The van der Waals surface area contributed by atoms with Crippen LogP contribution in [0.1, 0.15) is 5.56 Å². The molecular weight excluding hydrogens is 250 g/mol. The van der Waals surface area contributed by atoms with Gasteiger partial charge in [-0.15, -0.1) is 0 Å². The summed E-state index contributed by atoms with van der Waals surface area (Å²) in [7, 11) is 0. The molecule has 0 fully saturated rings. The maximum Gasteiger partial charge on any atom is 0.148 e. The standard InChI is InChI=1S/C13H12F2N4/c1-7(14)12-11(4-5-18-13(12)17)19-10-3-2-8(16)6-9(10)15/h2-6H,1,16H2,(H3,17,18,19). The van der Waals surface area contributed by atoms with E-state index in [1.165, 1.54) is 24.4 Å². The second-order valence-electron chi connectivity index (χ2n) is 3.89. The monoisotopic (exact) mass is 262 g/mol. The molecule has 0 amide bonds. The van der Waals surface area contributed by atoms with Crippen LogP contribution in [0.15, 0.2) is 37.0 Å². The third kappa shape index (κ3) is 2.62. The summed E-state index contributed by atoms with van der Waals surface area (Å²) in [5.41, 5.74) is 11.8. The van der Waals surface area contributed by atoms with E-state index in [0.717, 1.165) is 6.07 Å². The first-order valence-corrected chi connectivity index (χ1v) is 5.40. The fourth-order valence-corrected chi connectivity index (χ4v) is 1.65. The zero-order valence-corrected chi connectivity index (χ0v) is 9.95. The van der Waals surface area contributed by atoms with Crippen molar-refractivity contribution in [3.05, 3.63) is 48.4 Å². The van der Waals surface area contributed by atoms with E-state index >= 15 is 0 Å². The van der Waals surface area contributed by atoms with Crippen molar-refractivity contribution in [1.29, 1.82) is 0 Å². The molecule has 0 saturated heterocycles. The number of nitrogens with zero attached hydrogens (tertiary/aromatic N) is 1. The largest absolute Gasteiger partial charge is 0.399 e. The first kappa shape index (κ1) is 12.8. The Balaban J connectivity index is 2.44. The van der Waals surface area contributed by atoms with Crippen molar-refractivity contribution in [2.24, 2.45) is 0 Å². The van der Waals surface area contributed by atoms with Crippen molar-refractivity contribution < 1.29 is 8.78 Å². The predicted molar refractivity (Wildman–Crippen MR) is 72.9 cm³/mol. The maximum atomic E-state index is 13.7. The average Bonchev–Trinajstić information content (AvgIpc) is 2.32. The van der Waals surface area contributed by atoms with E-state index in [2.05, 4.69) is 16.9 Å². The third-order valence-electron chi connectivity index (χ3n) is 2.51. The van der Waals surface area contributed by atoms with Crippen molar-refractivity contribution in [2.75, 3.05) is 16.8 Å². The van der Waals surface area contributed by atoms with E-state index in [-0.39, 0.29) is 22.8 Å². The van der Waals surface area contributed by atoms with Gasteiger partial charge >= 0.3 is 0 Å². The lowest BCUT2D eigenvalue weighted by Crippen LogP contribution is -2.02. The molecule has 4 nitrogen and oxygen atoms in total. The topological polar surface area (TPSA) is 77.0 Å². The molecular formula is C13H12F2N4. The Morgan fingerprint density at radius 2 is 1.95 bits per heavy atom. The molecule has 0 aliphatic rings. The van der Waals surface area contributed by atoms with E-state index in [4.69, 9.17) is 11.5 Å². The minimum absolute atomic E-state index is 0.0127. The van der Waals surface area contributed by atoms with E-state index in [1.54, 1.807) is 0 Å². The third-order valence-corrected chi connectivity index (χ3v) is 2.51. The first-order chi connectivity index (χ1) is 8.99. The van der Waals surface area contributed by atoms with Crippen LogP contribution in [0, 0.1) is 5.82 Å². The number of halogens is 2.